The Balaban J connectivity index is 1.46. The third-order valence-corrected chi connectivity index (χ3v) is 7.26. The van der Waals surface area contributed by atoms with Crippen molar-refractivity contribution >= 4 is 0 Å². The molecule has 0 N–H and O–H groups in total. The molecule has 1 aromatic carbocycles. The lowest BCUT2D eigenvalue weighted by atomic mass is 9.65. The molecule has 0 saturated heterocycles. The van der Waals surface area contributed by atoms with E-state index in [9.17, 15) is 5.26 Å². The third-order valence-electron chi connectivity index (χ3n) is 7.26. The molecule has 2 aliphatic carbocycles. The van der Waals surface area contributed by atoms with Crippen LogP contribution in [-0.4, -0.2) is 21.4 Å². The monoisotopic (exact) mass is 390 g/mol. The Morgan fingerprint density at radius 1 is 1.03 bits per heavy atom. The van der Waals surface area contributed by atoms with Crippen molar-refractivity contribution in [3.8, 4) is 6.07 Å². The predicted molar refractivity (Wildman–Crippen MR) is 110 cm³/mol. The van der Waals surface area contributed by atoms with Crippen molar-refractivity contribution < 1.29 is 4.74 Å². The number of aromatic nitrogens is 3. The van der Waals surface area contributed by atoms with Gasteiger partial charge >= 0.3 is 0 Å². The Bertz CT molecular complexity index is 885. The van der Waals surface area contributed by atoms with Crippen molar-refractivity contribution in [2.24, 2.45) is 5.92 Å². The smallest absolute Gasteiger partial charge is 0.165 e. The zero-order chi connectivity index (χ0) is 19.7. The first-order chi connectivity index (χ1) is 14.2. The van der Waals surface area contributed by atoms with Crippen LogP contribution in [-0.2, 0) is 28.7 Å². The van der Waals surface area contributed by atoms with E-state index in [1.165, 1.54) is 32.1 Å². The second-order valence-corrected chi connectivity index (χ2v) is 9.21. The van der Waals surface area contributed by atoms with Gasteiger partial charge < -0.3 is 9.30 Å². The van der Waals surface area contributed by atoms with Crippen molar-refractivity contribution in [2.45, 2.75) is 81.8 Å². The number of nitrogens with zero attached hydrogens (tertiary/aromatic N) is 4. The first-order valence-corrected chi connectivity index (χ1v) is 11.3. The molecule has 0 unspecified atom stereocenters. The lowest BCUT2D eigenvalue weighted by molar-refractivity contribution is -0.0961. The molecule has 2 aromatic rings. The Hall–Kier alpha value is -2.19. The summed E-state index contributed by atoms with van der Waals surface area (Å²) in [4.78, 5) is 0. The lowest BCUT2D eigenvalue weighted by Crippen LogP contribution is -2.43. The maximum Gasteiger partial charge on any atom is 0.165 e. The van der Waals surface area contributed by atoms with E-state index in [-0.39, 0.29) is 0 Å². The summed E-state index contributed by atoms with van der Waals surface area (Å²) < 4.78 is 9.04. The van der Waals surface area contributed by atoms with E-state index in [0.717, 1.165) is 62.5 Å². The van der Waals surface area contributed by atoms with Gasteiger partial charge in [-0.15, -0.1) is 10.2 Å². The molecule has 0 bridgehead atoms. The fourth-order valence-electron chi connectivity index (χ4n) is 5.12. The normalized spacial score (nSPS) is 29.6. The minimum Gasteiger partial charge on any atom is -0.367 e. The third kappa shape index (κ3) is 3.48. The number of rotatable bonds is 5. The minimum atomic E-state index is -0.421. The lowest BCUT2D eigenvalue weighted by Gasteiger charge is -2.43. The maximum atomic E-state index is 10.1. The van der Waals surface area contributed by atoms with Crippen LogP contribution in [0.2, 0.25) is 0 Å². The quantitative estimate of drug-likeness (QED) is 0.745. The summed E-state index contributed by atoms with van der Waals surface area (Å²) in [6.07, 6.45) is 10.5. The van der Waals surface area contributed by atoms with Crippen molar-refractivity contribution in [1.29, 1.82) is 5.26 Å². The molecular formula is C24H30N4O. The summed E-state index contributed by atoms with van der Waals surface area (Å²) in [5.41, 5.74) is 0.321. The van der Waals surface area contributed by atoms with E-state index >= 15 is 0 Å². The van der Waals surface area contributed by atoms with Gasteiger partial charge in [0.05, 0.1) is 18.1 Å². The van der Waals surface area contributed by atoms with Gasteiger partial charge in [0.2, 0.25) is 0 Å². The summed E-state index contributed by atoms with van der Waals surface area (Å²) in [7, 11) is 0. The zero-order valence-corrected chi connectivity index (χ0v) is 17.1. The average Bonchev–Trinajstić information content (AvgIpc) is 3.57. The van der Waals surface area contributed by atoms with Gasteiger partial charge in [-0.2, -0.15) is 5.26 Å². The van der Waals surface area contributed by atoms with E-state index in [4.69, 9.17) is 4.74 Å². The van der Waals surface area contributed by atoms with Crippen LogP contribution in [0.5, 0.6) is 0 Å². The van der Waals surface area contributed by atoms with Crippen molar-refractivity contribution in [1.82, 2.24) is 14.8 Å². The molecule has 2 fully saturated rings. The summed E-state index contributed by atoms with van der Waals surface area (Å²) in [6.45, 7) is 1.81. The van der Waals surface area contributed by atoms with E-state index in [0.29, 0.717) is 5.92 Å². The predicted octanol–water partition coefficient (Wildman–Crippen LogP) is 4.66. The van der Waals surface area contributed by atoms with Gasteiger partial charge in [-0.05, 0) is 62.8 Å². The van der Waals surface area contributed by atoms with E-state index in [2.05, 4.69) is 33.0 Å². The van der Waals surface area contributed by atoms with Crippen LogP contribution in [0.15, 0.2) is 30.3 Å². The Labute approximate surface area is 173 Å². The van der Waals surface area contributed by atoms with E-state index in [1.807, 2.05) is 18.2 Å². The fourth-order valence-corrected chi connectivity index (χ4v) is 5.12. The van der Waals surface area contributed by atoms with Crippen molar-refractivity contribution in [3.05, 3.63) is 47.5 Å². The standard InChI is InChI=1S/C24H30N4O/c25-18-23(20-7-3-1-4-8-20)12-14-24(15-13-23,29-17-19-10-11-19)22-27-26-21-9-5-2-6-16-28(21)22/h1,3-4,7-8,19H,2,5-6,9-17H2/t23-,24+. The molecule has 5 nitrogen and oxygen atoms in total. The van der Waals surface area contributed by atoms with Crippen LogP contribution in [0.3, 0.4) is 0 Å². The minimum absolute atomic E-state index is 0.396. The SMILES string of the molecule is N#C[C@]1(c2ccccc2)CC[C@](OCC2CC2)(c2nnc3n2CCCCC3)CC1. The van der Waals surface area contributed by atoms with Crippen LogP contribution in [0.1, 0.15) is 75.0 Å². The van der Waals surface area contributed by atoms with Gasteiger partial charge in [0.15, 0.2) is 5.82 Å². The number of benzene rings is 1. The summed E-state index contributed by atoms with van der Waals surface area (Å²) in [5.74, 6) is 2.84. The number of fused-ring (bicyclic) bond motifs is 1. The Kier molecular flexibility index (Phi) is 4.91. The molecular weight excluding hydrogens is 360 g/mol. The van der Waals surface area contributed by atoms with Crippen LogP contribution < -0.4 is 0 Å². The zero-order valence-electron chi connectivity index (χ0n) is 17.1. The number of aryl methyl sites for hydroxylation is 1. The Morgan fingerprint density at radius 3 is 2.55 bits per heavy atom. The molecule has 0 radical (unpaired) electrons. The van der Waals surface area contributed by atoms with E-state index in [1.54, 1.807) is 0 Å². The van der Waals surface area contributed by atoms with Gasteiger partial charge in [0, 0.05) is 13.0 Å². The molecule has 0 amide bonds. The maximum absolute atomic E-state index is 10.1. The Morgan fingerprint density at radius 2 is 1.83 bits per heavy atom. The van der Waals surface area contributed by atoms with Gasteiger partial charge in [0.1, 0.15) is 11.4 Å². The number of hydrogen-bond donors (Lipinski definition) is 0. The largest absolute Gasteiger partial charge is 0.367 e. The topological polar surface area (TPSA) is 63.7 Å². The summed E-state index contributed by atoms with van der Waals surface area (Å²) >= 11 is 0. The second kappa shape index (κ2) is 7.57. The second-order valence-electron chi connectivity index (χ2n) is 9.21. The van der Waals surface area contributed by atoms with Crippen molar-refractivity contribution in [2.75, 3.05) is 6.61 Å². The van der Waals surface area contributed by atoms with E-state index < -0.39 is 11.0 Å². The molecule has 2 heterocycles. The highest BCUT2D eigenvalue weighted by Crippen LogP contribution is 2.49. The number of nitriles is 1. The molecule has 5 heteroatoms. The molecule has 152 valence electrons. The highest BCUT2D eigenvalue weighted by Gasteiger charge is 2.49. The highest BCUT2D eigenvalue weighted by atomic mass is 16.5. The number of ether oxygens (including phenoxy) is 1. The number of hydrogen-bond acceptors (Lipinski definition) is 4. The molecule has 1 aliphatic heterocycles. The molecule has 3 aliphatic rings. The summed E-state index contributed by atoms with van der Waals surface area (Å²) in [5, 5.41) is 19.4. The van der Waals surface area contributed by atoms with Gasteiger partial charge in [-0.3, -0.25) is 0 Å². The summed E-state index contributed by atoms with van der Waals surface area (Å²) in [6, 6.07) is 13.0. The first-order valence-electron chi connectivity index (χ1n) is 11.3. The molecule has 1 aromatic heterocycles. The van der Waals surface area contributed by atoms with Gasteiger partial charge in [-0.1, -0.05) is 36.8 Å². The van der Waals surface area contributed by atoms with Crippen LogP contribution in [0.4, 0.5) is 0 Å². The highest BCUT2D eigenvalue weighted by molar-refractivity contribution is 5.34. The molecule has 2 saturated carbocycles. The van der Waals surface area contributed by atoms with Crippen molar-refractivity contribution in [3.63, 3.8) is 0 Å². The van der Waals surface area contributed by atoms with Crippen LogP contribution in [0, 0.1) is 17.2 Å². The van der Waals surface area contributed by atoms with Crippen LogP contribution in [0.25, 0.3) is 0 Å². The molecule has 5 rings (SSSR count). The average molecular weight is 391 g/mol. The molecule has 0 spiro atoms. The van der Waals surface area contributed by atoms with Gasteiger partial charge in [-0.25, -0.2) is 0 Å². The van der Waals surface area contributed by atoms with Gasteiger partial charge in [0.25, 0.3) is 0 Å². The first kappa shape index (κ1) is 18.8. The molecule has 0 atom stereocenters. The molecule has 29 heavy (non-hydrogen) atoms. The van der Waals surface area contributed by atoms with Crippen LogP contribution >= 0.6 is 0 Å². The fraction of sp³-hybridized carbons (Fsp3) is 0.625.